The molecule has 15 N–H and O–H groups in total. The Morgan fingerprint density at radius 1 is 0.867 bits per heavy atom. The van der Waals surface area contributed by atoms with Gasteiger partial charge in [0.15, 0.2) is 12.6 Å². The molecule has 45 heavy (non-hydrogen) atoms. The number of hydrogen-bond acceptors (Lipinski definition) is 14. The van der Waals surface area contributed by atoms with Gasteiger partial charge in [0.1, 0.15) is 18.3 Å². The lowest BCUT2D eigenvalue weighted by molar-refractivity contribution is -0.238. The zero-order valence-electron chi connectivity index (χ0n) is 27.3. The maximum atomic E-state index is 10.5. The lowest BCUT2D eigenvalue weighted by Crippen LogP contribution is -2.62. The molecule has 5 aliphatic rings. The van der Waals surface area contributed by atoms with E-state index in [1.54, 1.807) is 0 Å². The summed E-state index contributed by atoms with van der Waals surface area (Å²) in [6.07, 6.45) is 8.55. The van der Waals surface area contributed by atoms with Crippen molar-refractivity contribution in [3.05, 3.63) is 0 Å². The van der Waals surface area contributed by atoms with Crippen molar-refractivity contribution in [3.63, 3.8) is 0 Å². The number of nitrogens with two attached hydrogens (primary N) is 5. The van der Waals surface area contributed by atoms with Gasteiger partial charge in [-0.15, -0.1) is 0 Å². The maximum absolute atomic E-state index is 10.5. The minimum absolute atomic E-state index is 0.0219. The number of hydrogen-bond donors (Lipinski definition) is 10. The number of ether oxygens (including phenoxy) is 4. The van der Waals surface area contributed by atoms with E-state index in [0.717, 1.165) is 51.0 Å². The summed E-state index contributed by atoms with van der Waals surface area (Å²) in [5, 5.41) is 39.4. The van der Waals surface area contributed by atoms with Crippen LogP contribution >= 0.6 is 0 Å². The minimum atomic E-state index is -1.27. The summed E-state index contributed by atoms with van der Waals surface area (Å²) < 4.78 is 21.5. The van der Waals surface area contributed by atoms with Crippen LogP contribution in [-0.2, 0) is 23.7 Å². The molecule has 0 spiro atoms. The van der Waals surface area contributed by atoms with Crippen molar-refractivity contribution in [2.24, 2.45) is 34.6 Å². The Bertz CT molecular complexity index is 733. The van der Waals surface area contributed by atoms with Gasteiger partial charge in [0.2, 0.25) is 6.41 Å². The Labute approximate surface area is 268 Å². The normalized spacial score (nSPS) is 37.8. The van der Waals surface area contributed by atoms with Crippen molar-refractivity contribution in [2.45, 2.75) is 145 Å². The molecule has 2 saturated carbocycles. The van der Waals surface area contributed by atoms with Crippen molar-refractivity contribution in [3.8, 4) is 0 Å². The molecule has 11 atom stereocenters. The van der Waals surface area contributed by atoms with Gasteiger partial charge in [0, 0.05) is 38.2 Å². The largest absolute Gasteiger partial charge is 0.394 e. The van der Waals surface area contributed by atoms with E-state index in [2.05, 4.69) is 18.0 Å². The number of rotatable bonds is 7. The van der Waals surface area contributed by atoms with E-state index in [0.29, 0.717) is 19.1 Å². The van der Waals surface area contributed by atoms with E-state index in [-0.39, 0.29) is 43.7 Å². The van der Waals surface area contributed by atoms with Crippen LogP contribution < -0.4 is 34.0 Å². The minimum Gasteiger partial charge on any atom is -0.394 e. The molecule has 268 valence electrons. The van der Waals surface area contributed by atoms with Crippen molar-refractivity contribution in [2.75, 3.05) is 33.4 Å². The summed E-state index contributed by atoms with van der Waals surface area (Å²) in [5.74, 6) is 1.06. The molecule has 15 heteroatoms. The molecule has 5 rings (SSSR count). The second kappa shape index (κ2) is 24.1. The summed E-state index contributed by atoms with van der Waals surface area (Å²) in [6.45, 7) is 3.99. The molecule has 3 saturated heterocycles. The summed E-state index contributed by atoms with van der Waals surface area (Å²) in [5.41, 5.74) is 26.4. The van der Waals surface area contributed by atoms with Crippen LogP contribution in [0.15, 0.2) is 0 Å². The standard InChI is InChI=1S/C12H22N2O4.C6H14N2O4.C6H13NO.C5H10.CH5N/c13-8-3-9(14-7-16)5-11(4-8)18-12-2-1-10(6-15)17-12;7-1-2-4(9)5(10)3(8)6(11)12-2;7-5-6-3-1-2-4-8-6;1-5-3-2-4-5;1-2/h7-12,15H,1-6,13H2,(H,14,16);2-6,9-11H,1,7-8H2;6H,1-5,7H2;5H,2-4H2,1H3;2H2,1H3/t;2-,3+,4+,5?,6-;;;/m.0.../s1. The monoisotopic (exact) mass is 652 g/mol. The van der Waals surface area contributed by atoms with Crippen molar-refractivity contribution < 1.29 is 44.2 Å². The van der Waals surface area contributed by atoms with Crippen LogP contribution in [0.2, 0.25) is 0 Å². The quantitative estimate of drug-likeness (QED) is 0.135. The molecular weight excluding hydrogens is 588 g/mol. The fraction of sp³-hybridized carbons (Fsp3) is 0.967. The zero-order chi connectivity index (χ0) is 33.8. The molecule has 0 aromatic carbocycles. The topological polar surface area (TPSA) is 277 Å². The smallest absolute Gasteiger partial charge is 0.207 e. The van der Waals surface area contributed by atoms with Crippen LogP contribution in [0.4, 0.5) is 0 Å². The maximum Gasteiger partial charge on any atom is 0.207 e. The first-order chi connectivity index (χ1) is 21.6. The average Bonchev–Trinajstić information content (AvgIpc) is 3.50. The van der Waals surface area contributed by atoms with Crippen LogP contribution in [-0.4, -0.2) is 128 Å². The SMILES string of the molecule is CC1CCC1.CN.NC1CC(NC=O)CC(OC2CCC(CO)O2)C1.NCC1CCCCO1.NC[C@@H]1O[C@H](O)[C@H](N)C(O)[C@@H]1O. The van der Waals surface area contributed by atoms with Crippen molar-refractivity contribution >= 4 is 6.41 Å². The average molecular weight is 653 g/mol. The van der Waals surface area contributed by atoms with Gasteiger partial charge >= 0.3 is 0 Å². The molecule has 15 nitrogen and oxygen atoms in total. The fourth-order valence-electron chi connectivity index (χ4n) is 5.54. The Balaban J connectivity index is 0.000000322. The van der Waals surface area contributed by atoms with Gasteiger partial charge in [-0.2, -0.15) is 0 Å². The van der Waals surface area contributed by atoms with Gasteiger partial charge < -0.3 is 73.4 Å². The molecule has 0 bridgehead atoms. The number of carbonyl (C=O) groups is 1. The third kappa shape index (κ3) is 16.1. The van der Waals surface area contributed by atoms with Gasteiger partial charge in [-0.1, -0.05) is 26.2 Å². The number of aliphatic hydroxyl groups excluding tert-OH is 4. The van der Waals surface area contributed by atoms with Gasteiger partial charge in [0.05, 0.1) is 31.0 Å². The molecule has 0 aromatic heterocycles. The van der Waals surface area contributed by atoms with Crippen LogP contribution in [0.5, 0.6) is 0 Å². The van der Waals surface area contributed by atoms with E-state index < -0.39 is 30.6 Å². The Kier molecular flexibility index (Phi) is 22.5. The van der Waals surface area contributed by atoms with Crippen molar-refractivity contribution in [1.29, 1.82) is 0 Å². The second-order valence-corrected chi connectivity index (χ2v) is 12.3. The highest BCUT2D eigenvalue weighted by Crippen LogP contribution is 2.27. The number of nitrogens with one attached hydrogen (secondary N) is 1. The predicted octanol–water partition coefficient (Wildman–Crippen LogP) is -1.90. The highest BCUT2D eigenvalue weighted by molar-refractivity contribution is 5.46. The van der Waals surface area contributed by atoms with Crippen LogP contribution in [0, 0.1) is 5.92 Å². The Morgan fingerprint density at radius 2 is 1.56 bits per heavy atom. The molecule has 0 radical (unpaired) electrons. The van der Waals surface area contributed by atoms with E-state index in [4.69, 9.17) is 52.1 Å². The van der Waals surface area contributed by atoms with Crippen molar-refractivity contribution in [1.82, 2.24) is 5.32 Å². The predicted molar refractivity (Wildman–Crippen MR) is 170 cm³/mol. The molecule has 3 aliphatic heterocycles. The van der Waals surface area contributed by atoms with Crippen LogP contribution in [0.3, 0.4) is 0 Å². The first kappa shape index (κ1) is 42.0. The lowest BCUT2D eigenvalue weighted by Gasteiger charge is -2.38. The molecule has 1 amide bonds. The van der Waals surface area contributed by atoms with E-state index in [9.17, 15) is 15.0 Å². The van der Waals surface area contributed by atoms with E-state index in [1.807, 2.05) is 0 Å². The highest BCUT2D eigenvalue weighted by Gasteiger charge is 2.41. The Morgan fingerprint density at radius 3 is 2.02 bits per heavy atom. The Hall–Kier alpha value is -1.05. The first-order valence-electron chi connectivity index (χ1n) is 16.5. The third-order valence-corrected chi connectivity index (χ3v) is 8.55. The molecule has 7 unspecified atom stereocenters. The van der Waals surface area contributed by atoms with E-state index in [1.165, 1.54) is 39.2 Å². The first-order valence-corrected chi connectivity index (χ1v) is 16.5. The highest BCUT2D eigenvalue weighted by atomic mass is 16.7. The third-order valence-electron chi connectivity index (χ3n) is 8.55. The molecule has 2 aliphatic carbocycles. The summed E-state index contributed by atoms with van der Waals surface area (Å²) >= 11 is 0. The van der Waals surface area contributed by atoms with Gasteiger partial charge in [-0.3, -0.25) is 4.79 Å². The van der Waals surface area contributed by atoms with Gasteiger partial charge in [-0.05, 0) is 57.9 Å². The van der Waals surface area contributed by atoms with Crippen LogP contribution in [0.1, 0.15) is 77.6 Å². The number of carbonyl (C=O) groups excluding carboxylic acids is 1. The van der Waals surface area contributed by atoms with E-state index >= 15 is 0 Å². The lowest BCUT2D eigenvalue weighted by atomic mass is 9.88. The molecule has 5 fully saturated rings. The summed E-state index contributed by atoms with van der Waals surface area (Å²) in [4.78, 5) is 10.5. The van der Waals surface area contributed by atoms with Crippen LogP contribution in [0.25, 0.3) is 0 Å². The number of amides is 1. The molecule has 0 aromatic rings. The zero-order valence-corrected chi connectivity index (χ0v) is 27.3. The fourth-order valence-corrected chi connectivity index (χ4v) is 5.54. The summed E-state index contributed by atoms with van der Waals surface area (Å²) in [6, 6.07) is -0.842. The molecule has 3 heterocycles. The van der Waals surface area contributed by atoms with Gasteiger partial charge in [0.25, 0.3) is 0 Å². The second-order valence-electron chi connectivity index (χ2n) is 12.3. The molecular formula is C30H64N6O9. The van der Waals surface area contributed by atoms with Gasteiger partial charge in [-0.25, -0.2) is 0 Å². The number of aliphatic hydroxyl groups is 4. The summed E-state index contributed by atoms with van der Waals surface area (Å²) in [7, 11) is 1.50.